The van der Waals surface area contributed by atoms with Gasteiger partial charge in [0.1, 0.15) is 0 Å². The molecule has 2 aliphatic rings. The predicted octanol–water partition coefficient (Wildman–Crippen LogP) is 2.60. The van der Waals surface area contributed by atoms with Gasteiger partial charge in [-0.05, 0) is 18.6 Å². The lowest BCUT2D eigenvalue weighted by atomic mass is 10.1. The number of rotatable bonds is 5. The number of fused-ring (bicyclic) bond motifs is 4. The molecule has 2 aromatic heterocycles. The van der Waals surface area contributed by atoms with E-state index < -0.39 is 0 Å². The van der Waals surface area contributed by atoms with E-state index >= 15 is 0 Å². The lowest BCUT2D eigenvalue weighted by Crippen LogP contribution is -2.55. The number of hydrogen-bond acceptors (Lipinski definition) is 7. The van der Waals surface area contributed by atoms with Gasteiger partial charge in [-0.1, -0.05) is 12.1 Å². The molecule has 0 saturated carbocycles. The van der Waals surface area contributed by atoms with E-state index in [1.807, 2.05) is 18.5 Å². The van der Waals surface area contributed by atoms with Gasteiger partial charge in [0.05, 0.1) is 38.2 Å². The summed E-state index contributed by atoms with van der Waals surface area (Å²) in [5.41, 5.74) is 3.11. The Labute approximate surface area is 174 Å². The van der Waals surface area contributed by atoms with Crippen LogP contribution in [0.25, 0.3) is 22.3 Å². The van der Waals surface area contributed by atoms with Crippen molar-refractivity contribution in [1.82, 2.24) is 15.0 Å². The number of esters is 1. The molecule has 0 aliphatic carbocycles. The Balaban J connectivity index is 1.50. The molecule has 0 amide bonds. The average molecular weight is 407 g/mol. The molecule has 1 N–H and O–H groups in total. The van der Waals surface area contributed by atoms with Gasteiger partial charge in [0.2, 0.25) is 0 Å². The normalized spacial score (nSPS) is 18.2. The number of aromatic nitrogens is 3. The fraction of sp³-hybridized carbons (Fsp3) is 0.409. The Morgan fingerprint density at radius 3 is 3.20 bits per heavy atom. The minimum atomic E-state index is -0.180. The van der Waals surface area contributed by atoms with Crippen LogP contribution in [0.1, 0.15) is 12.8 Å². The molecule has 0 bridgehead atoms. The summed E-state index contributed by atoms with van der Waals surface area (Å²) in [5.74, 6) is 1.49. The summed E-state index contributed by atoms with van der Waals surface area (Å²) in [4.78, 5) is 29.1. The zero-order valence-electron chi connectivity index (χ0n) is 17.0. The summed E-state index contributed by atoms with van der Waals surface area (Å²) in [5, 5.41) is 1.11. The van der Waals surface area contributed by atoms with Crippen molar-refractivity contribution >= 4 is 28.4 Å². The summed E-state index contributed by atoms with van der Waals surface area (Å²) < 4.78 is 10.5. The molecule has 1 saturated heterocycles. The molecule has 4 heterocycles. The first-order valence-corrected chi connectivity index (χ1v) is 10.3. The molecule has 0 spiro atoms. The highest BCUT2D eigenvalue weighted by Gasteiger charge is 2.34. The lowest BCUT2D eigenvalue weighted by molar-refractivity contribution is -0.140. The van der Waals surface area contributed by atoms with Crippen molar-refractivity contribution in [3.63, 3.8) is 0 Å². The van der Waals surface area contributed by atoms with Crippen LogP contribution in [0.3, 0.4) is 0 Å². The number of nitrogens with zero attached hydrogens (tertiary/aromatic N) is 4. The first kappa shape index (κ1) is 18.9. The summed E-state index contributed by atoms with van der Waals surface area (Å²) >= 11 is 0. The summed E-state index contributed by atoms with van der Waals surface area (Å²) in [6, 6.07) is 8.44. The standard InChI is InChI=1S/C22H25N5O3/c1-29-20(28)6-3-9-26-13-15-14-30-11-10-27(15)22-19(26)12-24-21(25-22)17-4-2-5-18-16(17)7-8-23-18/h2,4-5,7-8,12,15,23H,3,6,9-11,13-14H2,1H3. The van der Waals surface area contributed by atoms with Crippen LogP contribution < -0.4 is 9.80 Å². The van der Waals surface area contributed by atoms with E-state index in [1.165, 1.54) is 7.11 Å². The van der Waals surface area contributed by atoms with Crippen LogP contribution >= 0.6 is 0 Å². The van der Waals surface area contributed by atoms with Crippen molar-refractivity contribution in [2.75, 3.05) is 49.8 Å². The topological polar surface area (TPSA) is 83.6 Å². The highest BCUT2D eigenvalue weighted by Crippen LogP contribution is 2.37. The van der Waals surface area contributed by atoms with Gasteiger partial charge >= 0.3 is 5.97 Å². The number of carbonyl (C=O) groups is 1. The molecule has 0 radical (unpaired) electrons. The van der Waals surface area contributed by atoms with Crippen molar-refractivity contribution in [2.45, 2.75) is 18.9 Å². The quantitative estimate of drug-likeness (QED) is 0.651. The van der Waals surface area contributed by atoms with Crippen molar-refractivity contribution in [3.8, 4) is 11.4 Å². The first-order chi connectivity index (χ1) is 14.7. The van der Waals surface area contributed by atoms with Crippen molar-refractivity contribution < 1.29 is 14.3 Å². The van der Waals surface area contributed by atoms with Crippen LogP contribution in [-0.2, 0) is 14.3 Å². The van der Waals surface area contributed by atoms with Gasteiger partial charge in [0.25, 0.3) is 0 Å². The molecule has 1 fully saturated rings. The van der Waals surface area contributed by atoms with E-state index in [0.29, 0.717) is 19.6 Å². The maximum atomic E-state index is 11.5. The minimum Gasteiger partial charge on any atom is -0.469 e. The number of carbonyl (C=O) groups excluding carboxylic acids is 1. The number of aromatic amines is 1. The molecule has 1 aromatic carbocycles. The Morgan fingerprint density at radius 2 is 2.30 bits per heavy atom. The SMILES string of the molecule is COC(=O)CCCN1CC2COCCN2c2nc(-c3cccc4[nH]ccc34)ncc21. The summed E-state index contributed by atoms with van der Waals surface area (Å²) in [7, 11) is 1.43. The zero-order chi connectivity index (χ0) is 20.5. The van der Waals surface area contributed by atoms with Gasteiger partial charge in [-0.15, -0.1) is 0 Å². The van der Waals surface area contributed by atoms with Crippen LogP contribution in [0.15, 0.2) is 36.7 Å². The number of benzene rings is 1. The number of morpholine rings is 1. The molecule has 30 heavy (non-hydrogen) atoms. The van der Waals surface area contributed by atoms with Gasteiger partial charge in [-0.25, -0.2) is 9.97 Å². The molecule has 1 unspecified atom stereocenters. The van der Waals surface area contributed by atoms with E-state index in [0.717, 1.165) is 59.9 Å². The fourth-order valence-corrected chi connectivity index (χ4v) is 4.38. The number of methoxy groups -OCH3 is 1. The van der Waals surface area contributed by atoms with Crippen LogP contribution in [-0.4, -0.2) is 66.9 Å². The smallest absolute Gasteiger partial charge is 0.305 e. The zero-order valence-corrected chi connectivity index (χ0v) is 17.0. The van der Waals surface area contributed by atoms with Gasteiger partial charge in [-0.3, -0.25) is 4.79 Å². The van der Waals surface area contributed by atoms with Crippen LogP contribution in [0, 0.1) is 0 Å². The Kier molecular flexibility index (Phi) is 5.00. The van der Waals surface area contributed by atoms with E-state index in [2.05, 4.69) is 33.0 Å². The number of H-pyrrole nitrogens is 1. The van der Waals surface area contributed by atoms with Crippen LogP contribution in [0.4, 0.5) is 11.5 Å². The van der Waals surface area contributed by atoms with Crippen LogP contribution in [0.5, 0.6) is 0 Å². The highest BCUT2D eigenvalue weighted by molar-refractivity contribution is 5.93. The third-order valence-corrected chi connectivity index (χ3v) is 5.89. The van der Waals surface area contributed by atoms with Crippen LogP contribution in [0.2, 0.25) is 0 Å². The number of nitrogens with one attached hydrogen (secondary N) is 1. The summed E-state index contributed by atoms with van der Waals surface area (Å²) in [6.07, 6.45) is 4.99. The molecule has 3 aromatic rings. The Hall–Kier alpha value is -3.13. The summed E-state index contributed by atoms with van der Waals surface area (Å²) in [6.45, 7) is 3.79. The lowest BCUT2D eigenvalue weighted by Gasteiger charge is -2.45. The maximum Gasteiger partial charge on any atom is 0.305 e. The minimum absolute atomic E-state index is 0.180. The van der Waals surface area contributed by atoms with Gasteiger partial charge < -0.3 is 24.3 Å². The molecule has 5 rings (SSSR count). The predicted molar refractivity (Wildman–Crippen MR) is 115 cm³/mol. The van der Waals surface area contributed by atoms with Gasteiger partial charge in [-0.2, -0.15) is 0 Å². The number of ether oxygens (including phenoxy) is 2. The third kappa shape index (κ3) is 3.37. The average Bonchev–Trinajstić information content (AvgIpc) is 3.27. The van der Waals surface area contributed by atoms with E-state index in [9.17, 15) is 4.79 Å². The fourth-order valence-electron chi connectivity index (χ4n) is 4.38. The maximum absolute atomic E-state index is 11.5. The third-order valence-electron chi connectivity index (χ3n) is 5.89. The second-order valence-corrected chi connectivity index (χ2v) is 7.69. The monoisotopic (exact) mass is 407 g/mol. The number of anilines is 2. The Morgan fingerprint density at radius 1 is 1.37 bits per heavy atom. The van der Waals surface area contributed by atoms with Gasteiger partial charge in [0, 0.05) is 48.7 Å². The van der Waals surface area contributed by atoms with Crippen molar-refractivity contribution in [1.29, 1.82) is 0 Å². The first-order valence-electron chi connectivity index (χ1n) is 10.3. The van der Waals surface area contributed by atoms with E-state index in [1.54, 1.807) is 0 Å². The molecule has 8 heteroatoms. The molecule has 1 atom stereocenters. The van der Waals surface area contributed by atoms with Crippen molar-refractivity contribution in [2.24, 2.45) is 0 Å². The molecular formula is C22H25N5O3. The van der Waals surface area contributed by atoms with E-state index in [4.69, 9.17) is 19.4 Å². The Bertz CT molecular complexity index is 1070. The molecule has 156 valence electrons. The molecular weight excluding hydrogens is 382 g/mol. The number of hydrogen-bond donors (Lipinski definition) is 1. The second-order valence-electron chi connectivity index (χ2n) is 7.69. The molecule has 2 aliphatic heterocycles. The van der Waals surface area contributed by atoms with Crippen molar-refractivity contribution in [3.05, 3.63) is 36.7 Å². The largest absolute Gasteiger partial charge is 0.469 e. The highest BCUT2D eigenvalue weighted by atomic mass is 16.5. The molecule has 8 nitrogen and oxygen atoms in total. The second kappa shape index (κ2) is 7.95. The van der Waals surface area contributed by atoms with Gasteiger partial charge in [0.15, 0.2) is 11.6 Å². The van der Waals surface area contributed by atoms with E-state index in [-0.39, 0.29) is 12.0 Å².